The first kappa shape index (κ1) is 70.5. The van der Waals surface area contributed by atoms with Crippen molar-refractivity contribution in [1.29, 1.82) is 0 Å². The lowest BCUT2D eigenvalue weighted by Gasteiger charge is -2.27. The Kier molecular flexibility index (Phi) is 32.8. The van der Waals surface area contributed by atoms with E-state index in [-0.39, 0.29) is 84.0 Å². The Morgan fingerprint density at radius 1 is 0.364 bits per heavy atom. The molecule has 4 aliphatic heterocycles. The molecule has 28 heteroatoms. The fraction of sp³-hybridized carbons (Fsp3) is 0.633. The molecule has 0 spiro atoms. The summed E-state index contributed by atoms with van der Waals surface area (Å²) in [5, 5.41) is 9.81. The third-order valence-electron chi connectivity index (χ3n) is 14.0. The minimum absolute atomic E-state index is 0.0180. The van der Waals surface area contributed by atoms with Gasteiger partial charge in [-0.3, -0.25) is 68.4 Å². The average molecular weight is 1240 g/mol. The van der Waals surface area contributed by atoms with Gasteiger partial charge in [-0.1, -0.05) is 25.0 Å². The second kappa shape index (κ2) is 40.9. The number of carbonyl (C=O) groups is 10. The molecule has 2 saturated heterocycles. The number of hydrogen-bond acceptors (Lipinski definition) is 22. The number of imide groups is 4. The second-order valence-electron chi connectivity index (χ2n) is 20.4. The van der Waals surface area contributed by atoms with Gasteiger partial charge in [-0.15, -0.1) is 0 Å². The van der Waals surface area contributed by atoms with E-state index >= 15 is 0 Å². The standard InChI is InChI=1S/C60H84N6O22/c67-49(61-45-11-7-9-43-53(45)59(75)65(57(43)73)47-15-17-51(69)63-55(47)71)13-3-1-5-19-77-21-23-79-25-27-81-29-31-83-33-35-85-37-39-87-41-42-88-40-38-86-36-34-84-32-30-82-28-26-80-24-22-78-20-6-2-4-14-50(68)62-46-12-8-10-44-54(46)60(76)66(58(44)74)48-16-18-52(70)64-56(48)72/h7-12,47-48H,1-6,13-42H2,(H,61,67)(H,62,68)(H,63,69,71)(H,64,70,72). The molecule has 4 N–H and O–H groups in total. The van der Waals surface area contributed by atoms with E-state index in [9.17, 15) is 47.9 Å². The van der Waals surface area contributed by atoms with Crippen LogP contribution < -0.4 is 21.3 Å². The molecule has 2 fully saturated rings. The van der Waals surface area contributed by atoms with E-state index in [1.807, 2.05) is 0 Å². The van der Waals surface area contributed by atoms with Crippen molar-refractivity contribution in [3.05, 3.63) is 58.7 Å². The summed E-state index contributed by atoms with van der Waals surface area (Å²) in [5.74, 6) is -5.53. The van der Waals surface area contributed by atoms with Crippen molar-refractivity contribution >= 4 is 70.4 Å². The summed E-state index contributed by atoms with van der Waals surface area (Å²) in [4.78, 5) is 128. The Morgan fingerprint density at radius 3 is 0.909 bits per heavy atom. The highest BCUT2D eigenvalue weighted by Gasteiger charge is 2.47. The zero-order valence-electron chi connectivity index (χ0n) is 50.0. The zero-order valence-corrected chi connectivity index (χ0v) is 50.0. The summed E-state index contributed by atoms with van der Waals surface area (Å²) >= 11 is 0. The van der Waals surface area contributed by atoms with Crippen LogP contribution in [0.5, 0.6) is 0 Å². The molecule has 6 rings (SSSR count). The van der Waals surface area contributed by atoms with E-state index in [0.717, 1.165) is 35.5 Å². The van der Waals surface area contributed by atoms with Crippen LogP contribution in [0.1, 0.15) is 118 Å². The monoisotopic (exact) mass is 1240 g/mol. The average Bonchev–Trinajstić information content (AvgIpc) is 3.78. The number of carbonyl (C=O) groups excluding carboxylic acids is 10. The van der Waals surface area contributed by atoms with Gasteiger partial charge < -0.3 is 67.5 Å². The van der Waals surface area contributed by atoms with E-state index in [1.54, 1.807) is 24.3 Å². The molecule has 4 aliphatic rings. The highest BCUT2D eigenvalue weighted by Crippen LogP contribution is 2.34. The molecule has 2 aromatic rings. The maximum Gasteiger partial charge on any atom is 0.264 e. The Labute approximate surface area is 511 Å². The number of rotatable bonds is 49. The van der Waals surface area contributed by atoms with Gasteiger partial charge >= 0.3 is 0 Å². The first-order valence-corrected chi connectivity index (χ1v) is 30.2. The van der Waals surface area contributed by atoms with Crippen molar-refractivity contribution in [2.45, 2.75) is 89.1 Å². The van der Waals surface area contributed by atoms with Crippen LogP contribution in [0.4, 0.5) is 11.4 Å². The predicted molar refractivity (Wildman–Crippen MR) is 310 cm³/mol. The lowest BCUT2D eigenvalue weighted by atomic mass is 10.0. The lowest BCUT2D eigenvalue weighted by molar-refractivity contribution is -0.137. The Bertz CT molecular complexity index is 2430. The lowest BCUT2D eigenvalue weighted by Crippen LogP contribution is -2.54. The van der Waals surface area contributed by atoms with Gasteiger partial charge in [0.1, 0.15) is 12.1 Å². The number of piperidine rings is 2. The summed E-state index contributed by atoms with van der Waals surface area (Å²) in [6.07, 6.45) is 4.74. The molecule has 10 amide bonds. The minimum atomic E-state index is -1.09. The van der Waals surface area contributed by atoms with E-state index < -0.39 is 59.3 Å². The first-order valence-electron chi connectivity index (χ1n) is 30.2. The summed E-state index contributed by atoms with van der Waals surface area (Å²) in [6.45, 7) is 10.6. The van der Waals surface area contributed by atoms with Crippen molar-refractivity contribution in [1.82, 2.24) is 20.4 Å². The molecular weight excluding hydrogens is 1160 g/mol. The first-order chi connectivity index (χ1) is 43.0. The SMILES string of the molecule is O=C1CCC(N2C(=O)c3cccc(NC(=O)CCCCCOCCOCCOCCOCCOCCOCCOCCOCCOCCOCCOCCOCCCCCC(=O)Nc4cccc5c4C(=O)N(C4CCC(=O)NC4=O)C5=O)c3C2=O)C(=O)N1. The molecule has 0 aliphatic carbocycles. The van der Waals surface area contributed by atoms with E-state index in [2.05, 4.69) is 21.3 Å². The van der Waals surface area contributed by atoms with Crippen LogP contribution in [0.3, 0.4) is 0 Å². The molecule has 88 heavy (non-hydrogen) atoms. The molecule has 0 bridgehead atoms. The van der Waals surface area contributed by atoms with Gasteiger partial charge in [-0.05, 0) is 62.8 Å². The maximum absolute atomic E-state index is 13.2. The number of unbranched alkanes of at least 4 members (excludes halogenated alkanes) is 4. The number of nitrogens with one attached hydrogen (secondary N) is 4. The minimum Gasteiger partial charge on any atom is -0.379 e. The van der Waals surface area contributed by atoms with Crippen molar-refractivity contribution in [3.8, 4) is 0 Å². The third-order valence-corrected chi connectivity index (χ3v) is 14.0. The smallest absolute Gasteiger partial charge is 0.264 e. The maximum atomic E-state index is 13.2. The van der Waals surface area contributed by atoms with Gasteiger partial charge in [-0.25, -0.2) is 0 Å². The van der Waals surface area contributed by atoms with Gasteiger partial charge in [0.2, 0.25) is 35.4 Å². The molecule has 4 heterocycles. The van der Waals surface area contributed by atoms with E-state index in [1.165, 1.54) is 12.1 Å². The van der Waals surface area contributed by atoms with Crippen molar-refractivity contribution in [3.63, 3.8) is 0 Å². The van der Waals surface area contributed by atoms with Crippen LogP contribution in [-0.2, 0) is 85.6 Å². The van der Waals surface area contributed by atoms with Crippen molar-refractivity contribution < 1.29 is 105 Å². The van der Waals surface area contributed by atoms with Crippen LogP contribution in [0.25, 0.3) is 0 Å². The Hall–Kier alpha value is -6.54. The zero-order chi connectivity index (χ0) is 62.6. The van der Waals surface area contributed by atoms with Gasteiger partial charge in [0.15, 0.2) is 0 Å². The number of nitrogens with zero attached hydrogens (tertiary/aromatic N) is 2. The quantitative estimate of drug-likeness (QED) is 0.0546. The summed E-state index contributed by atoms with van der Waals surface area (Å²) < 4.78 is 66.5. The van der Waals surface area contributed by atoms with Crippen LogP contribution in [0, 0.1) is 0 Å². The number of anilines is 2. The Morgan fingerprint density at radius 2 is 0.636 bits per heavy atom. The number of ether oxygens (including phenoxy) is 12. The highest BCUT2D eigenvalue weighted by atomic mass is 16.6. The molecule has 0 saturated carbocycles. The largest absolute Gasteiger partial charge is 0.379 e. The van der Waals surface area contributed by atoms with Crippen LogP contribution in [0.2, 0.25) is 0 Å². The van der Waals surface area contributed by atoms with Gasteiger partial charge in [-0.2, -0.15) is 0 Å². The molecule has 2 atom stereocenters. The van der Waals surface area contributed by atoms with E-state index in [4.69, 9.17) is 56.8 Å². The third kappa shape index (κ3) is 24.1. The van der Waals surface area contributed by atoms with E-state index in [0.29, 0.717) is 171 Å². The molecule has 0 radical (unpaired) electrons. The Balaban J connectivity index is 0.587. The van der Waals surface area contributed by atoms with Crippen LogP contribution in [0.15, 0.2) is 36.4 Å². The van der Waals surface area contributed by atoms with Gasteiger partial charge in [0.05, 0.1) is 179 Å². The molecular formula is C60H84N6O22. The van der Waals surface area contributed by atoms with Gasteiger partial charge in [0, 0.05) is 38.9 Å². The number of benzene rings is 2. The second-order valence-corrected chi connectivity index (χ2v) is 20.4. The summed E-state index contributed by atoms with van der Waals surface area (Å²) in [5.41, 5.74) is 0.702. The van der Waals surface area contributed by atoms with Crippen LogP contribution in [-0.4, -0.2) is 240 Å². The van der Waals surface area contributed by atoms with Crippen molar-refractivity contribution in [2.24, 2.45) is 0 Å². The predicted octanol–water partition coefficient (Wildman–Crippen LogP) is 2.39. The highest BCUT2D eigenvalue weighted by molar-refractivity contribution is 6.27. The fourth-order valence-electron chi connectivity index (χ4n) is 9.52. The topological polar surface area (TPSA) is 336 Å². The molecule has 28 nitrogen and oxygen atoms in total. The van der Waals surface area contributed by atoms with Crippen LogP contribution >= 0.6 is 0 Å². The number of hydrogen-bond donors (Lipinski definition) is 4. The summed E-state index contributed by atoms with van der Waals surface area (Å²) in [6, 6.07) is 7.00. The van der Waals surface area contributed by atoms with Crippen molar-refractivity contribution in [2.75, 3.05) is 169 Å². The molecule has 2 unspecified atom stereocenters. The normalized spacial score (nSPS) is 16.6. The molecule has 486 valence electrons. The summed E-state index contributed by atoms with van der Waals surface area (Å²) in [7, 11) is 0. The number of amides is 10. The molecule has 0 aromatic heterocycles. The molecule has 2 aromatic carbocycles. The number of fused-ring (bicyclic) bond motifs is 2. The fourth-order valence-corrected chi connectivity index (χ4v) is 9.52. The van der Waals surface area contributed by atoms with Gasteiger partial charge in [0.25, 0.3) is 23.6 Å².